The van der Waals surface area contributed by atoms with E-state index in [9.17, 15) is 9.59 Å². The number of alkyl halides is 1. The highest BCUT2D eigenvalue weighted by Crippen LogP contribution is 1.98. The number of carboxylic acids is 2. The van der Waals surface area contributed by atoms with Crippen molar-refractivity contribution in [1.29, 1.82) is 0 Å². The van der Waals surface area contributed by atoms with Crippen molar-refractivity contribution < 1.29 is 24.5 Å². The lowest BCUT2D eigenvalue weighted by atomic mass is 10.4. The smallest absolute Gasteiger partial charge is 0.371 e. The molecule has 0 rings (SSSR count). The first-order chi connectivity index (χ1) is 5.07. The van der Waals surface area contributed by atoms with Gasteiger partial charge in [0.25, 0.3) is 0 Å². The van der Waals surface area contributed by atoms with Gasteiger partial charge in [-0.1, -0.05) is 11.6 Å². The summed E-state index contributed by atoms with van der Waals surface area (Å²) in [7, 11) is 0. The monoisotopic (exact) mass is 180 g/mol. The molecule has 6 heteroatoms. The summed E-state index contributed by atoms with van der Waals surface area (Å²) >= 11 is 5.00. The number of ether oxygens (including phenoxy) is 1. The van der Waals surface area contributed by atoms with Gasteiger partial charge in [-0.2, -0.15) is 0 Å². The standard InChI is InChI=1S/C5H5ClO5/c6-2-11-3(5(9)10)1-4(7)8/h1H,2H2,(H,7,8)(H,9,10). The Kier molecular flexibility index (Phi) is 4.05. The zero-order chi connectivity index (χ0) is 8.85. The molecule has 0 aliphatic carbocycles. The van der Waals surface area contributed by atoms with Gasteiger partial charge in [-0.25, -0.2) is 9.59 Å². The zero-order valence-electron chi connectivity index (χ0n) is 5.28. The van der Waals surface area contributed by atoms with Gasteiger partial charge in [-0.05, 0) is 0 Å². The minimum absolute atomic E-state index is 0.397. The van der Waals surface area contributed by atoms with Gasteiger partial charge in [-0.3, -0.25) is 0 Å². The lowest BCUT2D eigenvalue weighted by Crippen LogP contribution is -2.06. The molecule has 0 aliphatic rings. The predicted molar refractivity (Wildman–Crippen MR) is 35.2 cm³/mol. The Morgan fingerprint density at radius 2 is 2.00 bits per heavy atom. The number of hydrogen-bond donors (Lipinski definition) is 2. The van der Waals surface area contributed by atoms with Gasteiger partial charge >= 0.3 is 11.9 Å². The number of halogens is 1. The van der Waals surface area contributed by atoms with Gasteiger partial charge in [0.05, 0.1) is 6.08 Å². The van der Waals surface area contributed by atoms with Crippen LogP contribution in [0.1, 0.15) is 0 Å². The highest BCUT2D eigenvalue weighted by atomic mass is 35.5. The molecule has 0 spiro atoms. The SMILES string of the molecule is O=C(O)C=C(OCCl)C(=O)O. The highest BCUT2D eigenvalue weighted by molar-refractivity contribution is 6.17. The molecule has 0 amide bonds. The lowest BCUT2D eigenvalue weighted by molar-refractivity contribution is -0.138. The van der Waals surface area contributed by atoms with Gasteiger partial charge in [0, 0.05) is 0 Å². The van der Waals surface area contributed by atoms with Gasteiger partial charge in [-0.15, -0.1) is 0 Å². The summed E-state index contributed by atoms with van der Waals surface area (Å²) < 4.78 is 4.26. The Morgan fingerprint density at radius 3 is 2.27 bits per heavy atom. The summed E-state index contributed by atoms with van der Waals surface area (Å²) in [5.41, 5.74) is 0. The van der Waals surface area contributed by atoms with E-state index in [1.54, 1.807) is 0 Å². The Hall–Kier alpha value is -1.23. The van der Waals surface area contributed by atoms with Crippen molar-refractivity contribution in [1.82, 2.24) is 0 Å². The number of hydrogen-bond acceptors (Lipinski definition) is 3. The van der Waals surface area contributed by atoms with Crippen molar-refractivity contribution >= 4 is 23.5 Å². The number of rotatable bonds is 4. The summed E-state index contributed by atoms with van der Waals surface area (Å²) in [5.74, 6) is -3.55. The van der Waals surface area contributed by atoms with Crippen LogP contribution in [-0.4, -0.2) is 28.2 Å². The van der Waals surface area contributed by atoms with Gasteiger partial charge in [0.15, 0.2) is 6.07 Å². The van der Waals surface area contributed by atoms with Crippen molar-refractivity contribution in [2.24, 2.45) is 0 Å². The molecule has 62 valence electrons. The predicted octanol–water partition coefficient (Wildman–Crippen LogP) is 0.252. The van der Waals surface area contributed by atoms with E-state index in [2.05, 4.69) is 4.74 Å². The second kappa shape index (κ2) is 4.56. The largest absolute Gasteiger partial charge is 0.478 e. The maximum atomic E-state index is 10.1. The third-order valence-corrected chi connectivity index (χ3v) is 0.785. The Morgan fingerprint density at radius 1 is 1.45 bits per heavy atom. The van der Waals surface area contributed by atoms with Crippen molar-refractivity contribution in [2.45, 2.75) is 0 Å². The molecule has 0 saturated heterocycles. The first-order valence-corrected chi connectivity index (χ1v) is 2.98. The van der Waals surface area contributed by atoms with Crippen molar-refractivity contribution in [3.8, 4) is 0 Å². The maximum Gasteiger partial charge on any atom is 0.371 e. The molecule has 0 aromatic carbocycles. The maximum absolute atomic E-state index is 10.1. The normalized spacial score (nSPS) is 10.8. The highest BCUT2D eigenvalue weighted by Gasteiger charge is 2.09. The summed E-state index contributed by atoms with van der Waals surface area (Å²) in [6, 6.07) is -0.397. The van der Waals surface area contributed by atoms with Crippen LogP contribution >= 0.6 is 11.6 Å². The number of carbonyl (C=O) groups is 2. The Bertz CT molecular complexity index is 197. The average molecular weight is 181 g/mol. The van der Waals surface area contributed by atoms with Gasteiger partial charge < -0.3 is 14.9 Å². The van der Waals surface area contributed by atoms with Crippen LogP contribution in [0.5, 0.6) is 0 Å². The van der Waals surface area contributed by atoms with Crippen molar-refractivity contribution in [2.75, 3.05) is 6.07 Å². The third kappa shape index (κ3) is 4.21. The van der Waals surface area contributed by atoms with E-state index in [0.717, 1.165) is 0 Å². The fourth-order valence-corrected chi connectivity index (χ4v) is 0.454. The van der Waals surface area contributed by atoms with E-state index in [1.807, 2.05) is 0 Å². The Balaban J connectivity index is 4.32. The molecule has 0 aromatic rings. The zero-order valence-corrected chi connectivity index (χ0v) is 6.04. The van der Waals surface area contributed by atoms with E-state index >= 15 is 0 Å². The van der Waals surface area contributed by atoms with E-state index < -0.39 is 23.8 Å². The van der Waals surface area contributed by atoms with E-state index in [4.69, 9.17) is 21.8 Å². The van der Waals surface area contributed by atoms with Crippen LogP contribution in [0.2, 0.25) is 0 Å². The van der Waals surface area contributed by atoms with Crippen LogP contribution in [-0.2, 0) is 14.3 Å². The van der Waals surface area contributed by atoms with Crippen LogP contribution in [0.15, 0.2) is 11.8 Å². The van der Waals surface area contributed by atoms with Gasteiger partial charge in [0.2, 0.25) is 5.76 Å². The topological polar surface area (TPSA) is 83.8 Å². The second-order valence-corrected chi connectivity index (χ2v) is 1.62. The number of aliphatic carboxylic acids is 2. The summed E-state index contributed by atoms with van der Waals surface area (Å²) in [4.78, 5) is 20.0. The van der Waals surface area contributed by atoms with Crippen LogP contribution in [0.25, 0.3) is 0 Å². The fourth-order valence-electron chi connectivity index (χ4n) is 0.336. The van der Waals surface area contributed by atoms with E-state index in [0.29, 0.717) is 6.08 Å². The molecule has 11 heavy (non-hydrogen) atoms. The van der Waals surface area contributed by atoms with Gasteiger partial charge in [0.1, 0.15) is 0 Å². The summed E-state index contributed by atoms with van der Waals surface area (Å²) in [6.45, 7) is 0. The molecule has 0 radical (unpaired) electrons. The third-order valence-electron chi connectivity index (χ3n) is 0.675. The molecular weight excluding hydrogens is 176 g/mol. The van der Waals surface area contributed by atoms with E-state index in [1.165, 1.54) is 0 Å². The molecule has 2 N–H and O–H groups in total. The summed E-state index contributed by atoms with van der Waals surface area (Å²) in [5, 5.41) is 16.3. The Labute approximate surface area is 66.8 Å². The van der Waals surface area contributed by atoms with Crippen LogP contribution < -0.4 is 0 Å². The molecule has 0 bridgehead atoms. The van der Waals surface area contributed by atoms with Crippen LogP contribution in [0.3, 0.4) is 0 Å². The fraction of sp³-hybridized carbons (Fsp3) is 0.200. The molecule has 0 aliphatic heterocycles. The van der Waals surface area contributed by atoms with Crippen LogP contribution in [0, 0.1) is 0 Å². The average Bonchev–Trinajstić information content (AvgIpc) is 1.86. The molecule has 0 aromatic heterocycles. The quantitative estimate of drug-likeness (QED) is 0.368. The second-order valence-electron chi connectivity index (χ2n) is 1.41. The minimum Gasteiger partial charge on any atom is -0.478 e. The van der Waals surface area contributed by atoms with Crippen LogP contribution in [0.4, 0.5) is 0 Å². The van der Waals surface area contributed by atoms with E-state index in [-0.39, 0.29) is 0 Å². The van der Waals surface area contributed by atoms with Crippen molar-refractivity contribution in [3.63, 3.8) is 0 Å². The van der Waals surface area contributed by atoms with Crippen molar-refractivity contribution in [3.05, 3.63) is 11.8 Å². The first kappa shape index (κ1) is 9.77. The molecule has 0 saturated carbocycles. The first-order valence-electron chi connectivity index (χ1n) is 2.44. The molecule has 0 atom stereocenters. The molecule has 5 nitrogen and oxygen atoms in total. The molecule has 0 fully saturated rings. The minimum atomic E-state index is -1.46. The molecule has 0 unspecified atom stereocenters. The molecular formula is C5H5ClO5. The number of carboxylic acid groups (broad SMARTS) is 2. The lowest BCUT2D eigenvalue weighted by Gasteiger charge is -1.98. The molecule has 0 heterocycles. The summed E-state index contributed by atoms with van der Waals surface area (Å²) in [6.07, 6.45) is 0.421.